The highest BCUT2D eigenvalue weighted by Gasteiger charge is 2.33. The Balaban J connectivity index is 1.84. The number of fused-ring (bicyclic) bond motifs is 1. The Morgan fingerprint density at radius 3 is 2.34 bits per heavy atom. The number of hydrogen-bond donors (Lipinski definition) is 0. The zero-order valence-corrected chi connectivity index (χ0v) is 17.1. The lowest BCUT2D eigenvalue weighted by molar-refractivity contribution is 0.0491. The predicted octanol–water partition coefficient (Wildman–Crippen LogP) is 3.11. The summed E-state index contributed by atoms with van der Waals surface area (Å²) in [6.45, 7) is 5.99. The van der Waals surface area contributed by atoms with Crippen molar-refractivity contribution in [1.29, 1.82) is 0 Å². The lowest BCUT2D eigenvalue weighted by Gasteiger charge is -2.40. The van der Waals surface area contributed by atoms with Gasteiger partial charge in [0.15, 0.2) is 5.69 Å². The second-order valence-corrected chi connectivity index (χ2v) is 7.92. The van der Waals surface area contributed by atoms with Crippen molar-refractivity contribution in [1.82, 2.24) is 19.6 Å². The van der Waals surface area contributed by atoms with Gasteiger partial charge in [0.2, 0.25) is 0 Å². The van der Waals surface area contributed by atoms with Gasteiger partial charge in [0, 0.05) is 25.0 Å². The molecule has 1 aromatic heterocycles. The summed E-state index contributed by atoms with van der Waals surface area (Å²) in [5.74, 6) is -0.127. The van der Waals surface area contributed by atoms with E-state index >= 15 is 0 Å². The van der Waals surface area contributed by atoms with Crippen LogP contribution in [0.5, 0.6) is 0 Å². The summed E-state index contributed by atoms with van der Waals surface area (Å²) in [6.07, 6.45) is 0. The maximum Gasteiger partial charge on any atom is 0.275 e. The molecule has 1 unspecified atom stereocenters. The molecule has 1 aliphatic heterocycles. The number of carbonyl (C=O) groups excluding carboxylic acids is 1. The number of amides is 1. The number of benzene rings is 2. The molecule has 2 heterocycles. The van der Waals surface area contributed by atoms with E-state index < -0.39 is 0 Å². The van der Waals surface area contributed by atoms with E-state index in [0.29, 0.717) is 23.0 Å². The SMILES string of the molecule is CC(C)n1nc(C(=O)N2CCN(C)CC2c2ccccc2)c2ccccc2c1=O. The predicted molar refractivity (Wildman–Crippen MR) is 114 cm³/mol. The molecular weight excluding hydrogens is 364 g/mol. The maximum absolute atomic E-state index is 13.7. The second-order valence-electron chi connectivity index (χ2n) is 7.92. The highest BCUT2D eigenvalue weighted by molar-refractivity contribution is 6.05. The smallest absolute Gasteiger partial charge is 0.275 e. The van der Waals surface area contributed by atoms with Gasteiger partial charge in [-0.15, -0.1) is 0 Å². The van der Waals surface area contributed by atoms with E-state index in [4.69, 9.17) is 0 Å². The van der Waals surface area contributed by atoms with Gasteiger partial charge in [-0.3, -0.25) is 9.59 Å². The molecule has 6 nitrogen and oxygen atoms in total. The zero-order chi connectivity index (χ0) is 20.5. The first-order valence-electron chi connectivity index (χ1n) is 10.0. The first-order chi connectivity index (χ1) is 14.0. The fraction of sp³-hybridized carbons (Fsp3) is 0.348. The molecular formula is C23H26N4O2. The molecule has 1 atom stereocenters. The van der Waals surface area contributed by atoms with Crippen molar-refractivity contribution in [2.75, 3.05) is 26.7 Å². The van der Waals surface area contributed by atoms with Gasteiger partial charge < -0.3 is 9.80 Å². The van der Waals surface area contributed by atoms with Crippen molar-refractivity contribution in [2.24, 2.45) is 0 Å². The van der Waals surface area contributed by atoms with Crippen LogP contribution in [0.4, 0.5) is 0 Å². The molecule has 150 valence electrons. The monoisotopic (exact) mass is 390 g/mol. The number of hydrogen-bond acceptors (Lipinski definition) is 4. The van der Waals surface area contributed by atoms with Crippen LogP contribution >= 0.6 is 0 Å². The van der Waals surface area contributed by atoms with Crippen molar-refractivity contribution in [2.45, 2.75) is 25.9 Å². The topological polar surface area (TPSA) is 58.4 Å². The number of rotatable bonds is 3. The molecule has 0 saturated carbocycles. The van der Waals surface area contributed by atoms with Crippen molar-refractivity contribution >= 4 is 16.7 Å². The molecule has 6 heteroatoms. The lowest BCUT2D eigenvalue weighted by Crippen LogP contribution is -2.49. The highest BCUT2D eigenvalue weighted by atomic mass is 16.2. The molecule has 0 aliphatic carbocycles. The average Bonchev–Trinajstić information content (AvgIpc) is 2.74. The summed E-state index contributed by atoms with van der Waals surface area (Å²) < 4.78 is 1.42. The van der Waals surface area contributed by atoms with E-state index in [1.54, 1.807) is 6.07 Å². The molecule has 1 amide bonds. The van der Waals surface area contributed by atoms with Crippen LogP contribution in [0.15, 0.2) is 59.4 Å². The van der Waals surface area contributed by atoms with Gasteiger partial charge in [-0.1, -0.05) is 48.5 Å². The Morgan fingerprint density at radius 1 is 1.00 bits per heavy atom. The number of nitrogens with zero attached hydrogens (tertiary/aromatic N) is 4. The van der Waals surface area contributed by atoms with E-state index in [1.165, 1.54) is 4.68 Å². The van der Waals surface area contributed by atoms with Gasteiger partial charge in [-0.2, -0.15) is 5.10 Å². The van der Waals surface area contributed by atoms with Crippen LogP contribution in [0, 0.1) is 0 Å². The Hall–Kier alpha value is -2.99. The van der Waals surface area contributed by atoms with E-state index in [2.05, 4.69) is 29.2 Å². The van der Waals surface area contributed by atoms with Gasteiger partial charge in [-0.05, 0) is 32.5 Å². The van der Waals surface area contributed by atoms with Crippen LogP contribution in [-0.2, 0) is 0 Å². The van der Waals surface area contributed by atoms with Crippen LogP contribution in [0.3, 0.4) is 0 Å². The summed E-state index contributed by atoms with van der Waals surface area (Å²) in [5.41, 5.74) is 1.29. The van der Waals surface area contributed by atoms with Crippen LogP contribution < -0.4 is 5.56 Å². The molecule has 1 saturated heterocycles. The fourth-order valence-electron chi connectivity index (χ4n) is 3.97. The molecule has 0 radical (unpaired) electrons. The summed E-state index contributed by atoms with van der Waals surface area (Å²) in [4.78, 5) is 30.7. The summed E-state index contributed by atoms with van der Waals surface area (Å²) in [7, 11) is 2.07. The molecule has 1 aliphatic rings. The van der Waals surface area contributed by atoms with Gasteiger partial charge in [0.1, 0.15) is 0 Å². The van der Waals surface area contributed by atoms with Crippen molar-refractivity contribution in [3.8, 4) is 0 Å². The van der Waals surface area contributed by atoms with Gasteiger partial charge >= 0.3 is 0 Å². The number of likely N-dealkylation sites (N-methyl/N-ethyl adjacent to an activating group) is 1. The molecule has 0 bridgehead atoms. The Bertz CT molecular complexity index is 1090. The van der Waals surface area contributed by atoms with Crippen LogP contribution in [0.25, 0.3) is 10.8 Å². The first kappa shape index (κ1) is 19.3. The summed E-state index contributed by atoms with van der Waals surface area (Å²) >= 11 is 0. The minimum absolute atomic E-state index is 0.0533. The standard InChI is InChI=1S/C23H26N4O2/c1-16(2)27-22(28)19-12-8-7-11-18(19)21(24-27)23(29)26-14-13-25(3)15-20(26)17-9-5-4-6-10-17/h4-12,16,20H,13-15H2,1-3H3. The normalized spacial score (nSPS) is 17.8. The molecule has 29 heavy (non-hydrogen) atoms. The van der Waals surface area contributed by atoms with E-state index in [9.17, 15) is 9.59 Å². The Morgan fingerprint density at radius 2 is 1.66 bits per heavy atom. The summed E-state index contributed by atoms with van der Waals surface area (Å²) in [6, 6.07) is 17.2. The summed E-state index contributed by atoms with van der Waals surface area (Å²) in [5, 5.41) is 5.67. The van der Waals surface area contributed by atoms with Gasteiger partial charge in [-0.25, -0.2) is 4.68 Å². The fourth-order valence-corrected chi connectivity index (χ4v) is 3.97. The largest absolute Gasteiger partial charge is 0.328 e. The lowest BCUT2D eigenvalue weighted by atomic mass is 10.0. The molecule has 4 rings (SSSR count). The van der Waals surface area contributed by atoms with Crippen molar-refractivity contribution in [3.05, 3.63) is 76.2 Å². The highest BCUT2D eigenvalue weighted by Crippen LogP contribution is 2.27. The number of aromatic nitrogens is 2. The third-order valence-corrected chi connectivity index (χ3v) is 5.55. The van der Waals surface area contributed by atoms with Crippen LogP contribution in [0.1, 0.15) is 42.0 Å². The van der Waals surface area contributed by atoms with Gasteiger partial charge in [0.05, 0.1) is 17.5 Å². The van der Waals surface area contributed by atoms with E-state index in [1.807, 2.05) is 55.1 Å². The zero-order valence-electron chi connectivity index (χ0n) is 17.1. The quantitative estimate of drug-likeness (QED) is 0.690. The average molecular weight is 390 g/mol. The second kappa shape index (κ2) is 7.79. The molecule has 0 spiro atoms. The van der Waals surface area contributed by atoms with Gasteiger partial charge in [0.25, 0.3) is 11.5 Å². The minimum atomic E-state index is -0.162. The first-order valence-corrected chi connectivity index (χ1v) is 10.0. The van der Waals surface area contributed by atoms with Crippen LogP contribution in [0.2, 0.25) is 0 Å². The third-order valence-electron chi connectivity index (χ3n) is 5.55. The maximum atomic E-state index is 13.7. The Kier molecular flexibility index (Phi) is 5.20. The number of piperazine rings is 1. The van der Waals surface area contributed by atoms with E-state index in [-0.39, 0.29) is 23.6 Å². The molecule has 2 aromatic carbocycles. The molecule has 1 fully saturated rings. The van der Waals surface area contributed by atoms with Crippen molar-refractivity contribution < 1.29 is 4.79 Å². The molecule has 3 aromatic rings. The Labute approximate surface area is 170 Å². The molecule has 0 N–H and O–H groups in total. The number of carbonyl (C=O) groups is 1. The van der Waals surface area contributed by atoms with Crippen molar-refractivity contribution in [3.63, 3.8) is 0 Å². The van der Waals surface area contributed by atoms with Crippen LogP contribution in [-0.4, -0.2) is 52.2 Å². The van der Waals surface area contributed by atoms with E-state index in [0.717, 1.165) is 18.7 Å². The minimum Gasteiger partial charge on any atom is -0.328 e. The third kappa shape index (κ3) is 3.56.